The SMILES string of the molecule is CCOc1ccc(-c2nc(C(=O)NCCCN3CC(F)C3)c3ccccc3n2)cc1. The summed E-state index contributed by atoms with van der Waals surface area (Å²) < 4.78 is 18.4. The van der Waals surface area contributed by atoms with Crippen molar-refractivity contribution in [2.45, 2.75) is 19.5 Å². The number of amides is 1. The summed E-state index contributed by atoms with van der Waals surface area (Å²) in [6, 6.07) is 15.0. The molecule has 156 valence electrons. The molecule has 1 fully saturated rings. The van der Waals surface area contributed by atoms with Gasteiger partial charge in [-0.25, -0.2) is 14.4 Å². The lowest BCUT2D eigenvalue weighted by Gasteiger charge is -2.34. The van der Waals surface area contributed by atoms with Gasteiger partial charge in [0, 0.05) is 37.1 Å². The molecule has 1 N–H and O–H groups in total. The van der Waals surface area contributed by atoms with Gasteiger partial charge in [0.2, 0.25) is 0 Å². The van der Waals surface area contributed by atoms with E-state index < -0.39 is 6.17 Å². The van der Waals surface area contributed by atoms with Crippen molar-refractivity contribution < 1.29 is 13.9 Å². The maximum Gasteiger partial charge on any atom is 0.270 e. The van der Waals surface area contributed by atoms with Crippen molar-refractivity contribution >= 4 is 16.8 Å². The summed E-state index contributed by atoms with van der Waals surface area (Å²) in [5, 5.41) is 3.66. The second kappa shape index (κ2) is 9.17. The van der Waals surface area contributed by atoms with Crippen molar-refractivity contribution in [1.82, 2.24) is 20.2 Å². The molecule has 1 aliphatic heterocycles. The fraction of sp³-hybridized carbons (Fsp3) is 0.348. The number of carbonyl (C=O) groups excluding carboxylic acids is 1. The van der Waals surface area contributed by atoms with Crippen LogP contribution in [-0.2, 0) is 0 Å². The van der Waals surface area contributed by atoms with E-state index in [0.717, 1.165) is 29.8 Å². The normalized spacial score (nSPS) is 14.5. The van der Waals surface area contributed by atoms with E-state index in [1.165, 1.54) is 0 Å². The zero-order valence-corrected chi connectivity index (χ0v) is 17.0. The minimum atomic E-state index is -0.701. The molecule has 0 atom stereocenters. The molecule has 0 bridgehead atoms. The molecule has 4 rings (SSSR count). The summed E-state index contributed by atoms with van der Waals surface area (Å²) in [5.74, 6) is 1.05. The number of nitrogens with one attached hydrogen (secondary N) is 1. The van der Waals surface area contributed by atoms with Crippen LogP contribution in [0.5, 0.6) is 5.75 Å². The van der Waals surface area contributed by atoms with Gasteiger partial charge in [0.15, 0.2) is 5.82 Å². The number of hydrogen-bond acceptors (Lipinski definition) is 5. The molecule has 1 amide bonds. The molecule has 1 saturated heterocycles. The van der Waals surface area contributed by atoms with Crippen LogP contribution in [0, 0.1) is 0 Å². The van der Waals surface area contributed by atoms with Crippen molar-refractivity contribution in [3.8, 4) is 17.1 Å². The first kappa shape index (κ1) is 20.2. The van der Waals surface area contributed by atoms with E-state index in [-0.39, 0.29) is 5.91 Å². The first-order valence-electron chi connectivity index (χ1n) is 10.3. The molecule has 7 heteroatoms. The monoisotopic (exact) mass is 408 g/mol. The average molecular weight is 408 g/mol. The van der Waals surface area contributed by atoms with Gasteiger partial charge in [-0.15, -0.1) is 0 Å². The summed E-state index contributed by atoms with van der Waals surface area (Å²) in [7, 11) is 0. The summed E-state index contributed by atoms with van der Waals surface area (Å²) in [6.07, 6.45) is 0.0701. The van der Waals surface area contributed by atoms with Crippen LogP contribution in [0.25, 0.3) is 22.3 Å². The predicted octanol–water partition coefficient (Wildman–Crippen LogP) is 3.47. The van der Waals surface area contributed by atoms with E-state index in [0.29, 0.717) is 43.1 Å². The van der Waals surface area contributed by atoms with Gasteiger partial charge in [-0.05, 0) is 43.7 Å². The Morgan fingerprint density at radius 2 is 1.93 bits per heavy atom. The summed E-state index contributed by atoms with van der Waals surface area (Å²) in [6.45, 7) is 4.83. The molecule has 0 saturated carbocycles. The zero-order chi connectivity index (χ0) is 20.9. The van der Waals surface area contributed by atoms with Crippen LogP contribution in [0.3, 0.4) is 0 Å². The molecular formula is C23H25FN4O2. The molecule has 3 aromatic rings. The van der Waals surface area contributed by atoms with Crippen molar-refractivity contribution in [1.29, 1.82) is 0 Å². The number of nitrogens with zero attached hydrogens (tertiary/aromatic N) is 3. The van der Waals surface area contributed by atoms with Crippen molar-refractivity contribution in [3.05, 3.63) is 54.2 Å². The Labute approximate surface area is 175 Å². The topological polar surface area (TPSA) is 67.3 Å². The lowest BCUT2D eigenvalue weighted by Crippen LogP contribution is -2.49. The Morgan fingerprint density at radius 1 is 1.17 bits per heavy atom. The molecule has 2 heterocycles. The molecular weight excluding hydrogens is 383 g/mol. The molecule has 0 radical (unpaired) electrons. The second-order valence-corrected chi connectivity index (χ2v) is 7.34. The Kier molecular flexibility index (Phi) is 6.18. The number of halogens is 1. The largest absolute Gasteiger partial charge is 0.494 e. The number of benzene rings is 2. The van der Waals surface area contributed by atoms with Gasteiger partial charge in [0.25, 0.3) is 5.91 Å². The van der Waals surface area contributed by atoms with Crippen LogP contribution in [0.15, 0.2) is 48.5 Å². The predicted molar refractivity (Wildman–Crippen MR) is 114 cm³/mol. The smallest absolute Gasteiger partial charge is 0.270 e. The highest BCUT2D eigenvalue weighted by Crippen LogP contribution is 2.24. The highest BCUT2D eigenvalue weighted by molar-refractivity contribution is 6.04. The van der Waals surface area contributed by atoms with Crippen molar-refractivity contribution in [3.63, 3.8) is 0 Å². The van der Waals surface area contributed by atoms with Crippen LogP contribution in [-0.4, -0.2) is 59.7 Å². The number of carbonyl (C=O) groups is 1. The molecule has 1 aliphatic rings. The molecule has 6 nitrogen and oxygen atoms in total. The van der Waals surface area contributed by atoms with Gasteiger partial charge in [-0.3, -0.25) is 9.69 Å². The molecule has 0 aliphatic carbocycles. The molecule has 30 heavy (non-hydrogen) atoms. The van der Waals surface area contributed by atoms with Gasteiger partial charge < -0.3 is 10.1 Å². The minimum Gasteiger partial charge on any atom is -0.494 e. The number of likely N-dealkylation sites (tertiary alicyclic amines) is 1. The van der Waals surface area contributed by atoms with Crippen LogP contribution < -0.4 is 10.1 Å². The third-order valence-electron chi connectivity index (χ3n) is 5.09. The van der Waals surface area contributed by atoms with Crippen LogP contribution in [0.4, 0.5) is 4.39 Å². The van der Waals surface area contributed by atoms with Crippen LogP contribution >= 0.6 is 0 Å². The van der Waals surface area contributed by atoms with Crippen molar-refractivity contribution in [2.24, 2.45) is 0 Å². The Bertz CT molecular complexity index is 1020. The van der Waals surface area contributed by atoms with Gasteiger partial charge >= 0.3 is 0 Å². The first-order valence-corrected chi connectivity index (χ1v) is 10.3. The molecule has 0 unspecified atom stereocenters. The summed E-state index contributed by atoms with van der Waals surface area (Å²) >= 11 is 0. The minimum absolute atomic E-state index is 0.229. The zero-order valence-electron chi connectivity index (χ0n) is 17.0. The highest BCUT2D eigenvalue weighted by atomic mass is 19.1. The standard InChI is InChI=1S/C23H25FN4O2/c1-2-30-18-10-8-16(9-11-18)22-26-20-7-4-3-6-19(20)21(27-22)23(29)25-12-5-13-28-14-17(24)15-28/h3-4,6-11,17H,2,5,12-15H2,1H3,(H,25,29). The summed E-state index contributed by atoms with van der Waals surface area (Å²) in [5.41, 5.74) is 1.89. The maximum atomic E-state index is 12.9. The lowest BCUT2D eigenvalue weighted by atomic mass is 10.1. The van der Waals surface area contributed by atoms with E-state index in [1.807, 2.05) is 60.4 Å². The number of hydrogen-bond donors (Lipinski definition) is 1. The van der Waals surface area contributed by atoms with Crippen molar-refractivity contribution in [2.75, 3.05) is 32.8 Å². The van der Waals surface area contributed by atoms with E-state index in [1.54, 1.807) is 0 Å². The van der Waals surface area contributed by atoms with E-state index in [2.05, 4.69) is 15.3 Å². The third kappa shape index (κ3) is 4.57. The number of rotatable bonds is 8. The Balaban J connectivity index is 1.51. The molecule has 0 spiro atoms. The number of ether oxygens (including phenoxy) is 1. The number of alkyl halides is 1. The molecule has 2 aromatic carbocycles. The van der Waals surface area contributed by atoms with Gasteiger partial charge in [-0.1, -0.05) is 18.2 Å². The van der Waals surface area contributed by atoms with Gasteiger partial charge in [-0.2, -0.15) is 0 Å². The Morgan fingerprint density at radius 3 is 2.67 bits per heavy atom. The fourth-order valence-corrected chi connectivity index (χ4v) is 3.52. The number of fused-ring (bicyclic) bond motifs is 1. The highest BCUT2D eigenvalue weighted by Gasteiger charge is 2.25. The summed E-state index contributed by atoms with van der Waals surface area (Å²) in [4.78, 5) is 24.1. The quantitative estimate of drug-likeness (QED) is 0.578. The molecule has 1 aromatic heterocycles. The van der Waals surface area contributed by atoms with E-state index >= 15 is 0 Å². The third-order valence-corrected chi connectivity index (χ3v) is 5.09. The van der Waals surface area contributed by atoms with Crippen LogP contribution in [0.2, 0.25) is 0 Å². The first-order chi connectivity index (χ1) is 14.6. The Hall–Kier alpha value is -3.06. The number of para-hydroxylation sites is 1. The average Bonchev–Trinajstić information content (AvgIpc) is 2.75. The number of aromatic nitrogens is 2. The van der Waals surface area contributed by atoms with E-state index in [4.69, 9.17) is 4.74 Å². The van der Waals surface area contributed by atoms with Crippen LogP contribution in [0.1, 0.15) is 23.8 Å². The van der Waals surface area contributed by atoms with Gasteiger partial charge in [0.05, 0.1) is 12.1 Å². The van der Waals surface area contributed by atoms with Gasteiger partial charge in [0.1, 0.15) is 17.6 Å². The van der Waals surface area contributed by atoms with E-state index in [9.17, 15) is 9.18 Å². The maximum absolute atomic E-state index is 12.9. The second-order valence-electron chi connectivity index (χ2n) is 7.34. The lowest BCUT2D eigenvalue weighted by molar-refractivity contribution is 0.0645. The fourth-order valence-electron chi connectivity index (χ4n) is 3.52.